The van der Waals surface area contributed by atoms with E-state index in [1.54, 1.807) is 24.3 Å². The zero-order chi connectivity index (χ0) is 17.3. The van der Waals surface area contributed by atoms with E-state index in [0.29, 0.717) is 16.8 Å². The fraction of sp³-hybridized carbons (Fsp3) is 0.176. The van der Waals surface area contributed by atoms with Gasteiger partial charge >= 0.3 is 6.18 Å². The van der Waals surface area contributed by atoms with Gasteiger partial charge in [0.15, 0.2) is 0 Å². The Kier molecular flexibility index (Phi) is 4.01. The summed E-state index contributed by atoms with van der Waals surface area (Å²) in [6.07, 6.45) is -4.64. The fourth-order valence-electron chi connectivity index (χ4n) is 2.23. The van der Waals surface area contributed by atoms with E-state index in [1.165, 1.54) is 13.2 Å². The van der Waals surface area contributed by atoms with Crippen LogP contribution in [0.25, 0.3) is 10.9 Å². The average Bonchev–Trinajstić information content (AvgIpc) is 2.55. The lowest BCUT2D eigenvalue weighted by atomic mass is 10.2. The number of benzene rings is 2. The molecule has 124 valence electrons. The van der Waals surface area contributed by atoms with E-state index in [4.69, 9.17) is 4.74 Å². The highest BCUT2D eigenvalue weighted by Gasteiger charge is 2.35. The van der Waals surface area contributed by atoms with Gasteiger partial charge in [0.2, 0.25) is 5.82 Å². The molecular formula is C17H14F3N3O. The summed E-state index contributed by atoms with van der Waals surface area (Å²) in [5, 5.41) is 3.41. The summed E-state index contributed by atoms with van der Waals surface area (Å²) in [7, 11) is 1.44. The second-order valence-electron chi connectivity index (χ2n) is 5.27. The van der Waals surface area contributed by atoms with Crippen LogP contribution in [0.5, 0.6) is 5.75 Å². The molecule has 3 aromatic rings. The number of methoxy groups -OCH3 is 1. The van der Waals surface area contributed by atoms with Crippen molar-refractivity contribution in [1.29, 1.82) is 0 Å². The number of aromatic nitrogens is 2. The van der Waals surface area contributed by atoms with Gasteiger partial charge in [0.05, 0.1) is 12.6 Å². The maximum atomic E-state index is 13.1. The molecular weight excluding hydrogens is 319 g/mol. The summed E-state index contributed by atoms with van der Waals surface area (Å²) in [4.78, 5) is 7.27. The molecule has 24 heavy (non-hydrogen) atoms. The summed E-state index contributed by atoms with van der Waals surface area (Å²) in [6, 6.07) is 12.0. The third-order valence-electron chi connectivity index (χ3n) is 3.47. The van der Waals surface area contributed by atoms with Crippen LogP contribution < -0.4 is 10.1 Å². The molecule has 0 bridgehead atoms. The topological polar surface area (TPSA) is 47.0 Å². The molecule has 1 N–H and O–H groups in total. The summed E-state index contributed by atoms with van der Waals surface area (Å²) in [6.45, 7) is 1.93. The first-order valence-electron chi connectivity index (χ1n) is 7.13. The molecule has 0 aliphatic heterocycles. The smallest absolute Gasteiger partial charge is 0.451 e. The number of rotatable bonds is 3. The van der Waals surface area contributed by atoms with Crippen molar-refractivity contribution in [2.45, 2.75) is 13.1 Å². The number of alkyl halides is 3. The molecule has 3 rings (SSSR count). The van der Waals surface area contributed by atoms with Gasteiger partial charge in [-0.2, -0.15) is 13.2 Å². The van der Waals surface area contributed by atoms with Gasteiger partial charge < -0.3 is 10.1 Å². The molecule has 0 amide bonds. The average molecular weight is 333 g/mol. The molecule has 0 spiro atoms. The minimum atomic E-state index is -4.64. The Morgan fingerprint density at radius 2 is 1.71 bits per heavy atom. The highest BCUT2D eigenvalue weighted by molar-refractivity contribution is 5.91. The Balaban J connectivity index is 2.14. The number of ether oxygens (including phenoxy) is 1. The van der Waals surface area contributed by atoms with E-state index in [-0.39, 0.29) is 11.3 Å². The number of hydrogen-bond donors (Lipinski definition) is 1. The van der Waals surface area contributed by atoms with Crippen LogP contribution in [0.2, 0.25) is 0 Å². The number of hydrogen-bond acceptors (Lipinski definition) is 4. The summed E-state index contributed by atoms with van der Waals surface area (Å²) < 4.78 is 44.3. The van der Waals surface area contributed by atoms with Gasteiger partial charge in [-0.05, 0) is 31.2 Å². The number of anilines is 2. The zero-order valence-electron chi connectivity index (χ0n) is 13.0. The summed E-state index contributed by atoms with van der Waals surface area (Å²) in [5.41, 5.74) is 1.85. The van der Waals surface area contributed by atoms with Gasteiger partial charge in [-0.25, -0.2) is 9.97 Å². The molecule has 1 aromatic heterocycles. The number of nitrogens with zero attached hydrogens (tertiary/aromatic N) is 2. The molecule has 0 unspecified atom stereocenters. The minimum Gasteiger partial charge on any atom is -0.497 e. The van der Waals surface area contributed by atoms with Crippen LogP contribution in [0.4, 0.5) is 24.7 Å². The Labute approximate surface area is 136 Å². The lowest BCUT2D eigenvalue weighted by molar-refractivity contribution is -0.144. The number of fused-ring (bicyclic) bond motifs is 1. The van der Waals surface area contributed by atoms with Gasteiger partial charge in [-0.15, -0.1) is 0 Å². The SMILES string of the molecule is COc1ccc2c(Nc3ccc(C)cc3)nc(C(F)(F)F)nc2c1. The lowest BCUT2D eigenvalue weighted by Gasteiger charge is -2.13. The van der Waals surface area contributed by atoms with E-state index >= 15 is 0 Å². The third-order valence-corrected chi connectivity index (χ3v) is 3.47. The van der Waals surface area contributed by atoms with E-state index in [1.807, 2.05) is 19.1 Å². The maximum absolute atomic E-state index is 13.1. The number of nitrogens with one attached hydrogen (secondary N) is 1. The molecule has 2 aromatic carbocycles. The second kappa shape index (κ2) is 5.99. The molecule has 7 heteroatoms. The molecule has 0 aliphatic carbocycles. The van der Waals surface area contributed by atoms with Crippen molar-refractivity contribution >= 4 is 22.4 Å². The summed E-state index contributed by atoms with van der Waals surface area (Å²) >= 11 is 0. The quantitative estimate of drug-likeness (QED) is 0.754. The molecule has 1 heterocycles. The Hall–Kier alpha value is -2.83. The van der Waals surface area contributed by atoms with Gasteiger partial charge in [-0.1, -0.05) is 17.7 Å². The first-order valence-corrected chi connectivity index (χ1v) is 7.13. The van der Waals surface area contributed by atoms with Crippen LogP contribution in [0.3, 0.4) is 0 Å². The number of halogens is 3. The van der Waals surface area contributed by atoms with Gasteiger partial charge in [0.25, 0.3) is 0 Å². The third kappa shape index (κ3) is 3.24. The van der Waals surface area contributed by atoms with Crippen LogP contribution in [0.15, 0.2) is 42.5 Å². The lowest BCUT2D eigenvalue weighted by Crippen LogP contribution is -2.12. The highest BCUT2D eigenvalue weighted by Crippen LogP contribution is 2.32. The molecule has 0 aliphatic rings. The Morgan fingerprint density at radius 1 is 1.00 bits per heavy atom. The predicted molar refractivity (Wildman–Crippen MR) is 85.6 cm³/mol. The largest absolute Gasteiger partial charge is 0.497 e. The van der Waals surface area contributed by atoms with Crippen LogP contribution >= 0.6 is 0 Å². The Bertz CT molecular complexity index is 877. The van der Waals surface area contributed by atoms with Crippen molar-refractivity contribution in [2.75, 3.05) is 12.4 Å². The van der Waals surface area contributed by atoms with Crippen LogP contribution in [-0.2, 0) is 6.18 Å². The molecule has 4 nitrogen and oxygen atoms in total. The van der Waals surface area contributed by atoms with Crippen molar-refractivity contribution in [3.05, 3.63) is 53.9 Å². The molecule has 0 saturated heterocycles. The summed E-state index contributed by atoms with van der Waals surface area (Å²) in [5.74, 6) is -0.674. The fourth-order valence-corrected chi connectivity index (χ4v) is 2.23. The van der Waals surface area contributed by atoms with Gasteiger partial charge in [0, 0.05) is 17.1 Å². The predicted octanol–water partition coefficient (Wildman–Crippen LogP) is 4.71. The molecule has 0 saturated carbocycles. The highest BCUT2D eigenvalue weighted by atomic mass is 19.4. The molecule has 0 atom stereocenters. The van der Waals surface area contributed by atoms with E-state index in [9.17, 15) is 13.2 Å². The van der Waals surface area contributed by atoms with E-state index < -0.39 is 12.0 Å². The maximum Gasteiger partial charge on any atom is 0.451 e. The van der Waals surface area contributed by atoms with Gasteiger partial charge in [0.1, 0.15) is 11.6 Å². The van der Waals surface area contributed by atoms with Crippen molar-refractivity contribution in [2.24, 2.45) is 0 Å². The van der Waals surface area contributed by atoms with Crippen molar-refractivity contribution in [3.8, 4) is 5.75 Å². The molecule has 0 fully saturated rings. The van der Waals surface area contributed by atoms with Crippen LogP contribution in [-0.4, -0.2) is 17.1 Å². The number of aryl methyl sites for hydroxylation is 1. The first kappa shape index (κ1) is 16.0. The molecule has 0 radical (unpaired) electrons. The second-order valence-corrected chi connectivity index (χ2v) is 5.27. The van der Waals surface area contributed by atoms with E-state index in [2.05, 4.69) is 15.3 Å². The van der Waals surface area contributed by atoms with Crippen LogP contribution in [0, 0.1) is 6.92 Å². The Morgan fingerprint density at radius 3 is 2.33 bits per heavy atom. The first-order chi connectivity index (χ1) is 11.4. The van der Waals surface area contributed by atoms with Crippen molar-refractivity contribution < 1.29 is 17.9 Å². The van der Waals surface area contributed by atoms with Crippen molar-refractivity contribution in [1.82, 2.24) is 9.97 Å². The standard InChI is InChI=1S/C17H14F3N3O/c1-10-3-5-11(6-4-10)21-15-13-8-7-12(24-2)9-14(13)22-16(23-15)17(18,19)20/h3-9H,1-2H3,(H,21,22,23). The normalized spacial score (nSPS) is 11.5. The van der Waals surface area contributed by atoms with E-state index in [0.717, 1.165) is 5.56 Å². The van der Waals surface area contributed by atoms with Crippen molar-refractivity contribution in [3.63, 3.8) is 0 Å². The van der Waals surface area contributed by atoms with Crippen LogP contribution in [0.1, 0.15) is 11.4 Å². The minimum absolute atomic E-state index is 0.0961. The zero-order valence-corrected chi connectivity index (χ0v) is 13.0. The van der Waals surface area contributed by atoms with Gasteiger partial charge in [-0.3, -0.25) is 0 Å². The monoisotopic (exact) mass is 333 g/mol.